The summed E-state index contributed by atoms with van der Waals surface area (Å²) >= 11 is 0. The second kappa shape index (κ2) is 10.8. The summed E-state index contributed by atoms with van der Waals surface area (Å²) in [6.45, 7) is 7.01. The van der Waals surface area contributed by atoms with Crippen LogP contribution in [0.15, 0.2) is 73.2 Å². The van der Waals surface area contributed by atoms with Crippen LogP contribution in [0.25, 0.3) is 5.69 Å². The lowest BCUT2D eigenvalue weighted by atomic mass is 10.0. The third kappa shape index (κ3) is 5.70. The lowest BCUT2D eigenvalue weighted by Crippen LogP contribution is -2.25. The van der Waals surface area contributed by atoms with Crippen LogP contribution in [-0.2, 0) is 13.0 Å². The van der Waals surface area contributed by atoms with E-state index in [0.29, 0.717) is 18.7 Å². The zero-order valence-corrected chi connectivity index (χ0v) is 19.9. The fourth-order valence-corrected chi connectivity index (χ4v) is 3.99. The second-order valence-electron chi connectivity index (χ2n) is 8.47. The SMILES string of the molecule is Cc1cc(C(=O)NCCCc2cn(-c3ccccc3)nc2C)cc(C)c1OCc1cccnc1. The van der Waals surface area contributed by atoms with E-state index < -0.39 is 0 Å². The van der Waals surface area contributed by atoms with Gasteiger partial charge in [0, 0.05) is 36.3 Å². The van der Waals surface area contributed by atoms with Crippen molar-refractivity contribution in [2.45, 2.75) is 40.2 Å². The Morgan fingerprint density at radius 1 is 1.03 bits per heavy atom. The number of carbonyl (C=O) groups is 1. The Kier molecular flexibility index (Phi) is 7.38. The molecule has 0 saturated carbocycles. The van der Waals surface area contributed by atoms with Crippen LogP contribution in [0.3, 0.4) is 0 Å². The predicted molar refractivity (Wildman–Crippen MR) is 133 cm³/mol. The van der Waals surface area contributed by atoms with Gasteiger partial charge in [0.1, 0.15) is 12.4 Å². The normalized spacial score (nSPS) is 10.8. The predicted octanol–water partition coefficient (Wildman–Crippen LogP) is 5.13. The largest absolute Gasteiger partial charge is 0.488 e. The number of hydrogen-bond acceptors (Lipinski definition) is 4. The van der Waals surface area contributed by atoms with Gasteiger partial charge in [-0.25, -0.2) is 4.68 Å². The van der Waals surface area contributed by atoms with Crippen LogP contribution in [0.4, 0.5) is 0 Å². The Labute approximate surface area is 200 Å². The number of nitrogens with one attached hydrogen (secondary N) is 1. The van der Waals surface area contributed by atoms with Crippen LogP contribution in [0, 0.1) is 20.8 Å². The molecule has 2 heterocycles. The third-order valence-corrected chi connectivity index (χ3v) is 5.76. The van der Waals surface area contributed by atoms with Gasteiger partial charge in [-0.1, -0.05) is 24.3 Å². The lowest BCUT2D eigenvalue weighted by Gasteiger charge is -2.14. The fraction of sp³-hybridized carbons (Fsp3) is 0.250. The molecular weight excluding hydrogens is 424 g/mol. The monoisotopic (exact) mass is 454 g/mol. The maximum atomic E-state index is 12.7. The molecule has 0 aliphatic heterocycles. The molecule has 0 fully saturated rings. The van der Waals surface area contributed by atoms with Crippen molar-refractivity contribution in [3.63, 3.8) is 0 Å². The number of nitrogens with zero attached hydrogens (tertiary/aromatic N) is 3. The van der Waals surface area contributed by atoms with Gasteiger partial charge in [-0.15, -0.1) is 0 Å². The highest BCUT2D eigenvalue weighted by Crippen LogP contribution is 2.26. The number of pyridine rings is 1. The number of hydrogen-bond donors (Lipinski definition) is 1. The first kappa shape index (κ1) is 23.2. The Bertz CT molecular complexity index is 1230. The number of para-hydroxylation sites is 1. The summed E-state index contributed by atoms with van der Waals surface area (Å²) in [5.74, 6) is 0.744. The minimum atomic E-state index is -0.0679. The van der Waals surface area contributed by atoms with E-state index >= 15 is 0 Å². The average molecular weight is 455 g/mol. The summed E-state index contributed by atoms with van der Waals surface area (Å²) in [5, 5.41) is 7.66. The molecule has 0 unspecified atom stereocenters. The zero-order valence-electron chi connectivity index (χ0n) is 19.9. The van der Waals surface area contributed by atoms with Gasteiger partial charge in [0.25, 0.3) is 5.91 Å². The van der Waals surface area contributed by atoms with E-state index in [4.69, 9.17) is 4.74 Å². The van der Waals surface area contributed by atoms with Crippen LogP contribution in [0.2, 0.25) is 0 Å². The topological polar surface area (TPSA) is 69.0 Å². The molecule has 174 valence electrons. The van der Waals surface area contributed by atoms with Crippen molar-refractivity contribution in [3.05, 3.63) is 107 Å². The first-order valence-electron chi connectivity index (χ1n) is 11.5. The molecule has 6 nitrogen and oxygen atoms in total. The highest BCUT2D eigenvalue weighted by molar-refractivity contribution is 5.94. The molecule has 0 spiro atoms. The van der Waals surface area contributed by atoms with E-state index in [0.717, 1.165) is 46.7 Å². The van der Waals surface area contributed by atoms with Gasteiger partial charge in [-0.05, 0) is 80.6 Å². The molecule has 34 heavy (non-hydrogen) atoms. The van der Waals surface area contributed by atoms with Crippen molar-refractivity contribution in [1.29, 1.82) is 0 Å². The van der Waals surface area contributed by atoms with Gasteiger partial charge in [0.2, 0.25) is 0 Å². The molecular formula is C28H30N4O2. The van der Waals surface area contributed by atoms with E-state index in [1.807, 2.05) is 80.1 Å². The molecule has 0 atom stereocenters. The molecule has 2 aromatic carbocycles. The molecule has 0 aliphatic carbocycles. The zero-order chi connectivity index (χ0) is 23.9. The Balaban J connectivity index is 1.30. The number of benzene rings is 2. The van der Waals surface area contributed by atoms with Crippen molar-refractivity contribution >= 4 is 5.91 Å². The molecule has 6 heteroatoms. The number of aromatic nitrogens is 3. The minimum absolute atomic E-state index is 0.0679. The smallest absolute Gasteiger partial charge is 0.251 e. The van der Waals surface area contributed by atoms with Crippen molar-refractivity contribution in [2.24, 2.45) is 0 Å². The number of ether oxygens (including phenoxy) is 1. The van der Waals surface area contributed by atoms with Gasteiger partial charge < -0.3 is 10.1 Å². The number of carbonyl (C=O) groups excluding carboxylic acids is 1. The third-order valence-electron chi connectivity index (χ3n) is 5.76. The molecule has 4 aromatic rings. The molecule has 1 N–H and O–H groups in total. The van der Waals surface area contributed by atoms with Gasteiger partial charge in [-0.2, -0.15) is 5.10 Å². The number of aryl methyl sites for hydroxylation is 4. The summed E-state index contributed by atoms with van der Waals surface area (Å²) in [5.41, 5.74) is 6.80. The average Bonchev–Trinajstić information content (AvgIpc) is 3.22. The van der Waals surface area contributed by atoms with Gasteiger partial charge >= 0.3 is 0 Å². The summed E-state index contributed by atoms with van der Waals surface area (Å²) in [7, 11) is 0. The van der Waals surface area contributed by atoms with Crippen LogP contribution in [0.5, 0.6) is 5.75 Å². The summed E-state index contributed by atoms with van der Waals surface area (Å²) in [6, 6.07) is 17.7. The van der Waals surface area contributed by atoms with E-state index in [9.17, 15) is 4.79 Å². The van der Waals surface area contributed by atoms with Gasteiger partial charge in [-0.3, -0.25) is 9.78 Å². The maximum Gasteiger partial charge on any atom is 0.251 e. The number of rotatable bonds is 9. The standard InChI is InChI=1S/C28H30N4O2/c1-20-15-25(16-21(2)27(20)34-19-23-9-7-13-29-17-23)28(33)30-14-8-10-24-18-32(31-22(24)3)26-11-5-4-6-12-26/h4-7,9,11-13,15-18H,8,10,14,19H2,1-3H3,(H,30,33). The second-order valence-corrected chi connectivity index (χ2v) is 8.47. The van der Waals surface area contributed by atoms with Crippen molar-refractivity contribution in [1.82, 2.24) is 20.1 Å². The highest BCUT2D eigenvalue weighted by atomic mass is 16.5. The molecule has 0 saturated heterocycles. The van der Waals surface area contributed by atoms with Crippen LogP contribution in [0.1, 0.15) is 44.7 Å². The highest BCUT2D eigenvalue weighted by Gasteiger charge is 2.12. The first-order chi connectivity index (χ1) is 16.5. The van der Waals surface area contributed by atoms with Crippen LogP contribution < -0.4 is 10.1 Å². The lowest BCUT2D eigenvalue weighted by molar-refractivity contribution is 0.0953. The maximum absolute atomic E-state index is 12.7. The van der Waals surface area contributed by atoms with E-state index in [-0.39, 0.29) is 5.91 Å². The molecule has 1 amide bonds. The van der Waals surface area contributed by atoms with Gasteiger partial charge in [0.05, 0.1) is 11.4 Å². The minimum Gasteiger partial charge on any atom is -0.488 e. The Morgan fingerprint density at radius 3 is 2.50 bits per heavy atom. The summed E-state index contributed by atoms with van der Waals surface area (Å²) in [6.07, 6.45) is 7.31. The van der Waals surface area contributed by atoms with Crippen LogP contribution >= 0.6 is 0 Å². The van der Waals surface area contributed by atoms with Crippen LogP contribution in [-0.4, -0.2) is 27.2 Å². The fourth-order valence-electron chi connectivity index (χ4n) is 3.99. The van der Waals surface area contributed by atoms with Gasteiger partial charge in [0.15, 0.2) is 0 Å². The Hall–Kier alpha value is -3.93. The van der Waals surface area contributed by atoms with E-state index in [2.05, 4.69) is 21.6 Å². The van der Waals surface area contributed by atoms with Crippen molar-refractivity contribution in [3.8, 4) is 11.4 Å². The molecule has 0 bridgehead atoms. The van der Waals surface area contributed by atoms with E-state index in [1.54, 1.807) is 12.4 Å². The molecule has 2 aromatic heterocycles. The number of amides is 1. The Morgan fingerprint density at radius 2 is 1.79 bits per heavy atom. The molecule has 0 aliphatic rings. The first-order valence-corrected chi connectivity index (χ1v) is 11.5. The quantitative estimate of drug-likeness (QED) is 0.356. The summed E-state index contributed by atoms with van der Waals surface area (Å²) in [4.78, 5) is 16.8. The molecule has 0 radical (unpaired) electrons. The summed E-state index contributed by atoms with van der Waals surface area (Å²) < 4.78 is 7.91. The molecule has 4 rings (SSSR count). The van der Waals surface area contributed by atoms with Crippen molar-refractivity contribution in [2.75, 3.05) is 6.54 Å². The van der Waals surface area contributed by atoms with Crippen molar-refractivity contribution < 1.29 is 9.53 Å². The van der Waals surface area contributed by atoms with E-state index in [1.165, 1.54) is 5.56 Å².